The van der Waals surface area contributed by atoms with Crippen LogP contribution in [0.1, 0.15) is 68.4 Å². The number of nitrogens with zero attached hydrogens (tertiary/aromatic N) is 1. The summed E-state index contributed by atoms with van der Waals surface area (Å²) in [6.45, 7) is 11.1. The first-order valence-electron chi connectivity index (χ1n) is 16.9. The first-order valence-corrected chi connectivity index (χ1v) is 19.8. The zero-order valence-corrected chi connectivity index (χ0v) is 31.0. The molecule has 1 aliphatic carbocycles. The lowest BCUT2D eigenvalue weighted by Gasteiger charge is -2.42. The van der Waals surface area contributed by atoms with Crippen LogP contribution in [0.15, 0.2) is 77.7 Å². The Morgan fingerprint density at radius 3 is 2.14 bits per heavy atom. The van der Waals surface area contributed by atoms with Crippen molar-refractivity contribution in [3.63, 3.8) is 0 Å². The van der Waals surface area contributed by atoms with Gasteiger partial charge in [0.05, 0.1) is 11.6 Å². The monoisotopic (exact) mass is 728 g/mol. The van der Waals surface area contributed by atoms with E-state index < -0.39 is 73.3 Å². The number of pyridine rings is 1. The van der Waals surface area contributed by atoms with Crippen molar-refractivity contribution in [2.45, 2.75) is 103 Å². The van der Waals surface area contributed by atoms with E-state index in [1.54, 1.807) is 57.3 Å². The van der Waals surface area contributed by atoms with Gasteiger partial charge >= 0.3 is 12.3 Å². The van der Waals surface area contributed by atoms with Gasteiger partial charge in [0, 0.05) is 18.2 Å². The molecule has 3 amide bonds. The van der Waals surface area contributed by atoms with E-state index in [2.05, 4.69) is 16.0 Å². The summed E-state index contributed by atoms with van der Waals surface area (Å²) < 4.78 is 55.4. The molecule has 0 spiro atoms. The van der Waals surface area contributed by atoms with Crippen molar-refractivity contribution in [2.24, 2.45) is 5.92 Å². The van der Waals surface area contributed by atoms with Crippen molar-refractivity contribution in [2.75, 3.05) is 5.32 Å². The first-order chi connectivity index (χ1) is 23.8. The molecule has 0 radical (unpaired) electrons. The Labute approximate surface area is 297 Å². The molecule has 10 nitrogen and oxygen atoms in total. The molecule has 51 heavy (non-hydrogen) atoms. The molecule has 2 aromatic carbocycles. The average molecular weight is 729 g/mol. The summed E-state index contributed by atoms with van der Waals surface area (Å²) in [5, 5.41) is 7.18. The number of hydrogen-bond donors (Lipinski definition) is 3. The molecule has 0 aliphatic heterocycles. The number of benzene rings is 2. The summed E-state index contributed by atoms with van der Waals surface area (Å²) in [5.41, 5.74) is 0.215. The number of aromatic nitrogens is 1. The van der Waals surface area contributed by atoms with E-state index in [1.807, 2.05) is 51.1 Å². The molecule has 1 heterocycles. The van der Waals surface area contributed by atoms with Crippen molar-refractivity contribution in [3.8, 4) is 0 Å². The number of alkyl halides is 3. The third-order valence-corrected chi connectivity index (χ3v) is 13.9. The molecule has 0 bridgehead atoms. The number of hydrogen-bond acceptors (Lipinski definition) is 6. The molecule has 1 saturated carbocycles. The van der Waals surface area contributed by atoms with Gasteiger partial charge in [-0.3, -0.25) is 19.7 Å². The predicted molar refractivity (Wildman–Crippen MR) is 191 cm³/mol. The van der Waals surface area contributed by atoms with Gasteiger partial charge in [-0.15, -0.1) is 0 Å². The lowest BCUT2D eigenvalue weighted by molar-refractivity contribution is -0.210. The van der Waals surface area contributed by atoms with E-state index in [1.165, 1.54) is 12.3 Å². The number of carbonyl (C=O) groups is 3. The summed E-state index contributed by atoms with van der Waals surface area (Å²) in [7, 11) is -2.94. The SMILES string of the molecule is CC(C)C(NC(=O)Cn1ccc(C(=O)N[C@H]2C[C@@H]2c2ccccc2)c(NC(=O)OCc2ccccc2)c1=O)C(O[Si](C)(C)C(C)(C)C)C(F)(F)F. The van der Waals surface area contributed by atoms with Crippen LogP contribution >= 0.6 is 0 Å². The molecule has 1 aromatic heterocycles. The first kappa shape index (κ1) is 39.4. The van der Waals surface area contributed by atoms with Crippen LogP contribution in [-0.4, -0.2) is 55.2 Å². The molecular weight excluding hydrogens is 682 g/mol. The molecule has 0 saturated heterocycles. The van der Waals surface area contributed by atoms with Gasteiger partial charge in [-0.05, 0) is 47.7 Å². The highest BCUT2D eigenvalue weighted by Crippen LogP contribution is 2.42. The van der Waals surface area contributed by atoms with Crippen LogP contribution in [0.3, 0.4) is 0 Å². The standard InChI is InChI=1S/C37H47F3N4O6Si/c1-23(2)30(32(37(38,39)40)50-51(6,7)36(3,4)5)42-29(45)21-44-19-18-26(33(46)41-28-20-27(28)25-16-12-9-13-17-25)31(34(44)47)43-35(48)49-22-24-14-10-8-11-15-24/h8-19,23,27-28,30,32H,20-22H2,1-7H3,(H,41,46)(H,42,45)(H,43,48)/t27-,28+,30?,32?/m1/s1. The van der Waals surface area contributed by atoms with Gasteiger partial charge in [0.15, 0.2) is 14.4 Å². The molecule has 1 fully saturated rings. The molecule has 4 atom stereocenters. The third kappa shape index (κ3) is 10.3. The number of anilines is 1. The molecule has 2 unspecified atom stereocenters. The van der Waals surface area contributed by atoms with E-state index in [0.717, 1.165) is 10.1 Å². The maximum absolute atomic E-state index is 14.5. The van der Waals surface area contributed by atoms with Crippen LogP contribution in [0.25, 0.3) is 0 Å². The van der Waals surface area contributed by atoms with Crippen molar-refractivity contribution in [1.29, 1.82) is 0 Å². The van der Waals surface area contributed by atoms with Crippen molar-refractivity contribution < 1.29 is 36.7 Å². The molecule has 14 heteroatoms. The van der Waals surface area contributed by atoms with Gasteiger partial charge in [-0.2, -0.15) is 13.2 Å². The van der Waals surface area contributed by atoms with Gasteiger partial charge in [0.25, 0.3) is 11.5 Å². The van der Waals surface area contributed by atoms with Crippen LogP contribution < -0.4 is 21.5 Å². The molecule has 4 rings (SSSR count). The highest BCUT2D eigenvalue weighted by Gasteiger charge is 2.52. The molecule has 276 valence electrons. The van der Waals surface area contributed by atoms with Gasteiger partial charge < -0.3 is 24.4 Å². The lowest BCUT2D eigenvalue weighted by Crippen LogP contribution is -2.59. The zero-order valence-electron chi connectivity index (χ0n) is 30.0. The van der Waals surface area contributed by atoms with Crippen molar-refractivity contribution in [3.05, 3.63) is 100.0 Å². The fourth-order valence-corrected chi connectivity index (χ4v) is 6.62. The maximum atomic E-state index is 14.5. The summed E-state index contributed by atoms with van der Waals surface area (Å²) in [6, 6.07) is 18.0. The van der Waals surface area contributed by atoms with E-state index in [0.29, 0.717) is 12.0 Å². The normalized spacial score (nSPS) is 17.3. The van der Waals surface area contributed by atoms with Gasteiger partial charge in [0.2, 0.25) is 5.91 Å². The van der Waals surface area contributed by atoms with Crippen molar-refractivity contribution in [1.82, 2.24) is 15.2 Å². The number of rotatable bonds is 13. The quantitative estimate of drug-likeness (QED) is 0.163. The minimum atomic E-state index is -4.79. The maximum Gasteiger partial charge on any atom is 0.415 e. The fraction of sp³-hybridized carbons (Fsp3) is 0.459. The highest BCUT2D eigenvalue weighted by atomic mass is 28.4. The average Bonchev–Trinajstić information content (AvgIpc) is 3.82. The van der Waals surface area contributed by atoms with Crippen LogP contribution in [-0.2, 0) is 27.1 Å². The fourth-order valence-electron chi connectivity index (χ4n) is 5.36. The predicted octanol–water partition coefficient (Wildman–Crippen LogP) is 6.98. The van der Waals surface area contributed by atoms with Gasteiger partial charge in [-0.25, -0.2) is 4.79 Å². The van der Waals surface area contributed by atoms with Crippen molar-refractivity contribution >= 4 is 31.9 Å². The Morgan fingerprint density at radius 2 is 1.57 bits per heavy atom. The van der Waals surface area contributed by atoms with Gasteiger partial charge in [-0.1, -0.05) is 95.3 Å². The minimum Gasteiger partial charge on any atom is -0.444 e. The summed E-state index contributed by atoms with van der Waals surface area (Å²) >= 11 is 0. The van der Waals surface area contributed by atoms with Crippen LogP contribution in [0.4, 0.5) is 23.7 Å². The number of carbonyl (C=O) groups excluding carboxylic acids is 3. The Balaban J connectivity index is 1.57. The third-order valence-electron chi connectivity index (χ3n) is 9.42. The topological polar surface area (TPSA) is 128 Å². The van der Waals surface area contributed by atoms with Gasteiger partial charge in [0.1, 0.15) is 18.8 Å². The summed E-state index contributed by atoms with van der Waals surface area (Å²) in [4.78, 5) is 53.5. The zero-order chi connectivity index (χ0) is 37.7. The Bertz CT molecular complexity index is 1740. The largest absolute Gasteiger partial charge is 0.444 e. The Kier molecular flexibility index (Phi) is 12.2. The van der Waals surface area contributed by atoms with E-state index in [9.17, 15) is 32.3 Å². The molecule has 1 aliphatic rings. The smallest absolute Gasteiger partial charge is 0.415 e. The number of amides is 3. The highest BCUT2D eigenvalue weighted by molar-refractivity contribution is 6.74. The second kappa shape index (κ2) is 15.8. The molecule has 3 aromatic rings. The summed E-state index contributed by atoms with van der Waals surface area (Å²) in [5.74, 6) is -2.11. The summed E-state index contributed by atoms with van der Waals surface area (Å²) in [6.07, 6.45) is -6.22. The van der Waals surface area contributed by atoms with Crippen LogP contribution in [0.2, 0.25) is 18.1 Å². The van der Waals surface area contributed by atoms with E-state index in [-0.39, 0.29) is 24.1 Å². The molecular formula is C37H47F3N4O6Si. The van der Waals surface area contributed by atoms with E-state index >= 15 is 0 Å². The van der Waals surface area contributed by atoms with E-state index in [4.69, 9.17) is 9.16 Å². The minimum absolute atomic E-state index is 0.0847. The lowest BCUT2D eigenvalue weighted by atomic mass is 9.98. The second-order valence-corrected chi connectivity index (χ2v) is 19.5. The van der Waals surface area contributed by atoms with Crippen LogP contribution in [0, 0.1) is 5.92 Å². The number of nitrogens with one attached hydrogen (secondary N) is 3. The number of halogens is 3. The second-order valence-electron chi connectivity index (χ2n) is 14.7. The Hall–Kier alpha value is -4.43. The van der Waals surface area contributed by atoms with Crippen LogP contribution in [0.5, 0.6) is 0 Å². The molecule has 3 N–H and O–H groups in total. The number of ether oxygens (including phenoxy) is 1. The Morgan fingerprint density at radius 1 is 0.961 bits per heavy atom.